The third-order valence-electron chi connectivity index (χ3n) is 8.07. The number of hydrogen-bond donors (Lipinski definition) is 2. The van der Waals surface area contributed by atoms with Crippen LogP contribution in [0.3, 0.4) is 0 Å². The Morgan fingerprint density at radius 3 is 2.00 bits per heavy atom. The van der Waals surface area contributed by atoms with Crippen molar-refractivity contribution in [1.82, 2.24) is 20.1 Å². The fourth-order valence-electron chi connectivity index (χ4n) is 5.76. The number of benzene rings is 3. The number of hydrogen-bond acceptors (Lipinski definition) is 5. The van der Waals surface area contributed by atoms with Crippen LogP contribution in [0.2, 0.25) is 0 Å². The predicted octanol–water partition coefficient (Wildman–Crippen LogP) is 6.50. The van der Waals surface area contributed by atoms with Crippen LogP contribution in [0.15, 0.2) is 97.1 Å². The first-order valence-corrected chi connectivity index (χ1v) is 14.9. The van der Waals surface area contributed by atoms with E-state index >= 15 is 0 Å². The van der Waals surface area contributed by atoms with E-state index in [1.165, 1.54) is 23.3 Å². The number of aliphatic hydroxyl groups excluding tert-OH is 1. The highest BCUT2D eigenvalue weighted by atomic mass is 19.4. The van der Waals surface area contributed by atoms with Crippen molar-refractivity contribution in [2.24, 2.45) is 0 Å². The topological polar surface area (TPSA) is 51.6 Å². The molecule has 5 nitrogen and oxygen atoms in total. The van der Waals surface area contributed by atoms with E-state index in [1.807, 2.05) is 31.2 Å². The van der Waals surface area contributed by atoms with Crippen molar-refractivity contribution in [2.45, 2.75) is 31.7 Å². The number of nitrogens with one attached hydrogen (secondary N) is 1. The summed E-state index contributed by atoms with van der Waals surface area (Å²) in [4.78, 5) is 8.87. The molecule has 2 heterocycles. The first-order valence-electron chi connectivity index (χ1n) is 14.9. The van der Waals surface area contributed by atoms with Gasteiger partial charge < -0.3 is 15.3 Å². The van der Waals surface area contributed by atoms with Crippen LogP contribution < -0.4 is 5.32 Å². The normalized spacial score (nSPS) is 15.6. The standard InChI is InChI=1S/C35H39F3N4O/c1-26-13-15-27(16-14-26)31-18-17-30(34(40-31)35(36,37)38)32(43)25-39-19-8-20-41-21-23-42(24-22-41)33(28-9-4-2-5-10-28)29-11-6-3-7-12-29/h2-7,9-18,32-33,39,43H,8,19-25H2,1H3. The molecule has 1 unspecified atom stereocenters. The number of aliphatic hydroxyl groups is 1. The van der Waals surface area contributed by atoms with Gasteiger partial charge in [0.25, 0.3) is 0 Å². The van der Waals surface area contributed by atoms with Gasteiger partial charge in [0.2, 0.25) is 0 Å². The van der Waals surface area contributed by atoms with Gasteiger partial charge in [-0.2, -0.15) is 13.2 Å². The Morgan fingerprint density at radius 1 is 0.814 bits per heavy atom. The lowest BCUT2D eigenvalue weighted by molar-refractivity contribution is -0.142. The Kier molecular flexibility index (Phi) is 10.3. The molecule has 5 rings (SSSR count). The fraction of sp³-hybridized carbons (Fsp3) is 0.343. The Hall–Kier alpha value is -3.56. The van der Waals surface area contributed by atoms with Crippen LogP contribution in [0, 0.1) is 6.92 Å². The van der Waals surface area contributed by atoms with Crippen LogP contribution in [0.5, 0.6) is 0 Å². The van der Waals surface area contributed by atoms with Gasteiger partial charge in [0, 0.05) is 43.9 Å². The number of aryl methyl sites for hydroxylation is 1. The Morgan fingerprint density at radius 2 is 1.42 bits per heavy atom. The van der Waals surface area contributed by atoms with Gasteiger partial charge in [0.05, 0.1) is 17.8 Å². The summed E-state index contributed by atoms with van der Waals surface area (Å²) in [5.74, 6) is 0. The second-order valence-electron chi connectivity index (χ2n) is 11.2. The van der Waals surface area contributed by atoms with Gasteiger partial charge in [0.15, 0.2) is 5.69 Å². The van der Waals surface area contributed by atoms with E-state index in [2.05, 4.69) is 68.6 Å². The summed E-state index contributed by atoms with van der Waals surface area (Å²) in [6, 6.07) is 31.5. The van der Waals surface area contributed by atoms with Crippen molar-refractivity contribution in [3.8, 4) is 11.3 Å². The zero-order chi connectivity index (χ0) is 30.2. The summed E-state index contributed by atoms with van der Waals surface area (Å²) in [5, 5.41) is 13.8. The molecule has 43 heavy (non-hydrogen) atoms. The summed E-state index contributed by atoms with van der Waals surface area (Å²) >= 11 is 0. The van der Waals surface area contributed by atoms with E-state index in [9.17, 15) is 18.3 Å². The van der Waals surface area contributed by atoms with E-state index in [0.29, 0.717) is 12.1 Å². The van der Waals surface area contributed by atoms with Crippen molar-refractivity contribution >= 4 is 0 Å². The first kappa shape index (κ1) is 30.9. The minimum Gasteiger partial charge on any atom is -0.387 e. The van der Waals surface area contributed by atoms with E-state index in [4.69, 9.17) is 0 Å². The zero-order valence-corrected chi connectivity index (χ0v) is 24.5. The Bertz CT molecular complexity index is 1380. The quantitative estimate of drug-likeness (QED) is 0.196. The fourth-order valence-corrected chi connectivity index (χ4v) is 5.76. The SMILES string of the molecule is Cc1ccc(-c2ccc(C(O)CNCCCN3CCN(C(c4ccccc4)c4ccccc4)CC3)c(C(F)(F)F)n2)cc1. The van der Waals surface area contributed by atoms with Gasteiger partial charge in [0.1, 0.15) is 0 Å². The van der Waals surface area contributed by atoms with Crippen LogP contribution in [-0.2, 0) is 6.18 Å². The maximum atomic E-state index is 13.9. The summed E-state index contributed by atoms with van der Waals surface area (Å²) in [6.07, 6.45) is -5.14. The molecule has 0 aliphatic carbocycles. The molecular formula is C35H39F3N4O. The second-order valence-corrected chi connectivity index (χ2v) is 11.2. The molecule has 1 aliphatic rings. The van der Waals surface area contributed by atoms with Crippen molar-refractivity contribution < 1.29 is 18.3 Å². The summed E-state index contributed by atoms with van der Waals surface area (Å²) in [7, 11) is 0. The molecule has 4 aromatic rings. The molecule has 0 saturated carbocycles. The molecule has 2 N–H and O–H groups in total. The Balaban J connectivity index is 1.10. The number of pyridine rings is 1. The molecule has 0 bridgehead atoms. The summed E-state index contributed by atoms with van der Waals surface area (Å²) in [5.41, 5.74) is 3.18. The van der Waals surface area contributed by atoms with E-state index < -0.39 is 18.0 Å². The average Bonchev–Trinajstić information content (AvgIpc) is 3.02. The van der Waals surface area contributed by atoms with Crippen LogP contribution in [-0.4, -0.2) is 65.7 Å². The largest absolute Gasteiger partial charge is 0.433 e. The van der Waals surface area contributed by atoms with Gasteiger partial charge in [-0.05, 0) is 43.6 Å². The molecule has 0 radical (unpaired) electrons. The molecule has 8 heteroatoms. The summed E-state index contributed by atoms with van der Waals surface area (Å²) < 4.78 is 41.7. The van der Waals surface area contributed by atoms with Gasteiger partial charge in [-0.25, -0.2) is 4.98 Å². The molecule has 0 amide bonds. The monoisotopic (exact) mass is 588 g/mol. The number of halogens is 3. The lowest BCUT2D eigenvalue weighted by Gasteiger charge is -2.40. The second kappa shape index (κ2) is 14.3. The van der Waals surface area contributed by atoms with Crippen LogP contribution >= 0.6 is 0 Å². The molecule has 1 aliphatic heterocycles. The van der Waals surface area contributed by atoms with Gasteiger partial charge in [-0.15, -0.1) is 0 Å². The highest BCUT2D eigenvalue weighted by Crippen LogP contribution is 2.35. The van der Waals surface area contributed by atoms with E-state index in [-0.39, 0.29) is 23.8 Å². The number of aromatic nitrogens is 1. The smallest absolute Gasteiger partial charge is 0.387 e. The maximum Gasteiger partial charge on any atom is 0.433 e. The molecule has 0 spiro atoms. The lowest BCUT2D eigenvalue weighted by atomic mass is 9.96. The first-order chi connectivity index (χ1) is 20.8. The predicted molar refractivity (Wildman–Crippen MR) is 165 cm³/mol. The van der Waals surface area contributed by atoms with Gasteiger partial charge >= 0.3 is 6.18 Å². The number of alkyl halides is 3. The van der Waals surface area contributed by atoms with Gasteiger partial charge in [-0.1, -0.05) is 96.6 Å². The van der Waals surface area contributed by atoms with Crippen LogP contribution in [0.1, 0.15) is 46.5 Å². The molecule has 1 atom stereocenters. The molecule has 3 aromatic carbocycles. The van der Waals surface area contributed by atoms with Crippen molar-refractivity contribution in [1.29, 1.82) is 0 Å². The maximum absolute atomic E-state index is 13.9. The van der Waals surface area contributed by atoms with Gasteiger partial charge in [-0.3, -0.25) is 4.90 Å². The number of nitrogens with zero attached hydrogens (tertiary/aromatic N) is 3. The molecular weight excluding hydrogens is 549 g/mol. The number of piperazine rings is 1. The minimum atomic E-state index is -4.67. The molecule has 1 fully saturated rings. The molecule has 226 valence electrons. The third-order valence-corrected chi connectivity index (χ3v) is 8.07. The lowest BCUT2D eigenvalue weighted by Crippen LogP contribution is -2.48. The highest BCUT2D eigenvalue weighted by Gasteiger charge is 2.37. The number of rotatable bonds is 11. The van der Waals surface area contributed by atoms with Crippen molar-refractivity contribution in [2.75, 3.05) is 45.8 Å². The average molecular weight is 589 g/mol. The van der Waals surface area contributed by atoms with Crippen molar-refractivity contribution in [3.05, 3.63) is 125 Å². The third kappa shape index (κ3) is 8.09. The van der Waals surface area contributed by atoms with Crippen molar-refractivity contribution in [3.63, 3.8) is 0 Å². The highest BCUT2D eigenvalue weighted by molar-refractivity contribution is 5.60. The van der Waals surface area contributed by atoms with E-state index in [0.717, 1.165) is 44.7 Å². The molecule has 1 saturated heterocycles. The molecule has 1 aromatic heterocycles. The van der Waals surface area contributed by atoms with Crippen LogP contribution in [0.4, 0.5) is 13.2 Å². The Labute approximate surface area is 252 Å². The van der Waals surface area contributed by atoms with E-state index in [1.54, 1.807) is 12.1 Å². The van der Waals surface area contributed by atoms with Crippen LogP contribution in [0.25, 0.3) is 11.3 Å². The zero-order valence-electron chi connectivity index (χ0n) is 24.5. The summed E-state index contributed by atoms with van der Waals surface area (Å²) in [6.45, 7) is 7.23. The minimum absolute atomic E-state index is 0.0260.